The van der Waals surface area contributed by atoms with Gasteiger partial charge in [0.25, 0.3) is 0 Å². The molecule has 0 bridgehead atoms. The number of nitrogens with two attached hydrogens (primary N) is 1. The lowest BCUT2D eigenvalue weighted by Gasteiger charge is -2.26. The van der Waals surface area contributed by atoms with Crippen molar-refractivity contribution in [3.63, 3.8) is 0 Å². The lowest BCUT2D eigenvalue weighted by molar-refractivity contribution is 0.716. The van der Waals surface area contributed by atoms with Gasteiger partial charge < -0.3 is 10.6 Å². The molecule has 0 fully saturated rings. The Morgan fingerprint density at radius 3 is 2.37 bits per heavy atom. The summed E-state index contributed by atoms with van der Waals surface area (Å²) in [6, 6.07) is 11.8. The Morgan fingerprint density at radius 2 is 1.84 bits per heavy atom. The summed E-state index contributed by atoms with van der Waals surface area (Å²) in [5.74, 6) is 0.819. The zero-order chi connectivity index (χ0) is 13.8. The predicted molar refractivity (Wildman–Crippen MR) is 78.2 cm³/mol. The summed E-state index contributed by atoms with van der Waals surface area (Å²) in [5, 5.41) is 9.00. The Morgan fingerprint density at radius 1 is 1.16 bits per heavy atom. The minimum Gasteiger partial charge on any atom is -0.351 e. The van der Waals surface area contributed by atoms with E-state index >= 15 is 0 Å². The highest BCUT2D eigenvalue weighted by Crippen LogP contribution is 2.24. The molecule has 0 amide bonds. The van der Waals surface area contributed by atoms with E-state index in [1.165, 1.54) is 5.56 Å². The van der Waals surface area contributed by atoms with Crippen molar-refractivity contribution in [2.75, 3.05) is 11.9 Å². The zero-order valence-electron chi connectivity index (χ0n) is 11.0. The highest BCUT2D eigenvalue weighted by Gasteiger charge is 2.13. The van der Waals surface area contributed by atoms with E-state index < -0.39 is 0 Å². The molecule has 0 aliphatic rings. The van der Waals surface area contributed by atoms with Crippen LogP contribution in [0.2, 0.25) is 5.02 Å². The number of nitrogens with zero attached hydrogens (tertiary/aromatic N) is 3. The summed E-state index contributed by atoms with van der Waals surface area (Å²) in [5.41, 5.74) is 7.48. The predicted octanol–water partition coefficient (Wildman–Crippen LogP) is 2.79. The molecule has 2 rings (SSSR count). The Bertz CT molecular complexity index is 524. The van der Waals surface area contributed by atoms with Crippen molar-refractivity contribution in [1.29, 1.82) is 0 Å². The first-order valence-electron chi connectivity index (χ1n) is 6.13. The first-order chi connectivity index (χ1) is 9.11. The van der Waals surface area contributed by atoms with E-state index in [9.17, 15) is 0 Å². The molecule has 2 N–H and O–H groups in total. The molecule has 19 heavy (non-hydrogen) atoms. The molecule has 5 heteroatoms. The molecule has 0 saturated heterocycles. The van der Waals surface area contributed by atoms with Crippen LogP contribution >= 0.6 is 11.6 Å². The third kappa shape index (κ3) is 3.22. The fourth-order valence-electron chi connectivity index (χ4n) is 1.81. The van der Waals surface area contributed by atoms with Gasteiger partial charge in [0.05, 0.1) is 11.7 Å². The Labute approximate surface area is 118 Å². The second kappa shape index (κ2) is 5.99. The van der Waals surface area contributed by atoms with Gasteiger partial charge in [-0.25, -0.2) is 0 Å². The average molecular weight is 277 g/mol. The summed E-state index contributed by atoms with van der Waals surface area (Å²) in [7, 11) is 1.99. The van der Waals surface area contributed by atoms with Gasteiger partial charge >= 0.3 is 0 Å². The van der Waals surface area contributed by atoms with Gasteiger partial charge in [-0.15, -0.1) is 5.10 Å². The summed E-state index contributed by atoms with van der Waals surface area (Å²) < 4.78 is 0. The van der Waals surface area contributed by atoms with E-state index in [4.69, 9.17) is 17.3 Å². The van der Waals surface area contributed by atoms with Crippen molar-refractivity contribution in [2.24, 2.45) is 5.73 Å². The summed E-state index contributed by atoms with van der Waals surface area (Å²) in [6.45, 7) is 2.52. The van der Waals surface area contributed by atoms with Crippen molar-refractivity contribution in [3.8, 4) is 0 Å². The maximum atomic E-state index is 5.90. The summed E-state index contributed by atoms with van der Waals surface area (Å²) in [4.78, 5) is 2.07. The largest absolute Gasteiger partial charge is 0.351 e. The van der Waals surface area contributed by atoms with Crippen LogP contribution in [0.5, 0.6) is 0 Å². The van der Waals surface area contributed by atoms with Crippen molar-refractivity contribution in [1.82, 2.24) is 10.2 Å². The van der Waals surface area contributed by atoms with Crippen LogP contribution in [0, 0.1) is 0 Å². The number of hydrogen-bond acceptors (Lipinski definition) is 4. The van der Waals surface area contributed by atoms with Gasteiger partial charge in [0.2, 0.25) is 0 Å². The molecule has 1 aromatic heterocycles. The molecule has 100 valence electrons. The van der Waals surface area contributed by atoms with Gasteiger partial charge in [-0.05, 0) is 36.8 Å². The van der Waals surface area contributed by atoms with Gasteiger partial charge in [0.1, 0.15) is 0 Å². The molecule has 0 aliphatic carbocycles. The SMILES string of the molecule is CC(c1ccc(Cl)cc1)N(C)c1ccc(CN)nn1. The molecule has 4 nitrogen and oxygen atoms in total. The van der Waals surface area contributed by atoms with E-state index in [1.807, 2.05) is 43.4 Å². The second-order valence-electron chi connectivity index (χ2n) is 4.43. The summed E-state index contributed by atoms with van der Waals surface area (Å²) >= 11 is 5.90. The molecule has 1 heterocycles. The lowest BCUT2D eigenvalue weighted by Crippen LogP contribution is -2.23. The molecule has 0 spiro atoms. The highest BCUT2D eigenvalue weighted by atomic mass is 35.5. The third-order valence-electron chi connectivity index (χ3n) is 3.21. The Hall–Kier alpha value is -1.65. The van der Waals surface area contributed by atoms with E-state index in [0.29, 0.717) is 6.54 Å². The number of halogens is 1. The molecule has 0 radical (unpaired) electrons. The van der Waals surface area contributed by atoms with Crippen LogP contribution in [0.15, 0.2) is 36.4 Å². The van der Waals surface area contributed by atoms with Gasteiger partial charge in [0.15, 0.2) is 5.82 Å². The number of aromatic nitrogens is 2. The van der Waals surface area contributed by atoms with Gasteiger partial charge in [-0.2, -0.15) is 5.10 Å². The number of rotatable bonds is 4. The van der Waals surface area contributed by atoms with Crippen LogP contribution < -0.4 is 10.6 Å². The first kappa shape index (κ1) is 13.8. The molecule has 1 atom stereocenters. The van der Waals surface area contributed by atoms with Crippen LogP contribution in [0.4, 0.5) is 5.82 Å². The highest BCUT2D eigenvalue weighted by molar-refractivity contribution is 6.30. The van der Waals surface area contributed by atoms with Crippen LogP contribution in [-0.2, 0) is 6.54 Å². The molecular formula is C14H17ClN4. The van der Waals surface area contributed by atoms with E-state index in [2.05, 4.69) is 22.0 Å². The maximum absolute atomic E-state index is 5.90. The number of anilines is 1. The maximum Gasteiger partial charge on any atom is 0.151 e. The van der Waals surface area contributed by atoms with Gasteiger partial charge in [-0.1, -0.05) is 23.7 Å². The number of benzene rings is 1. The van der Waals surface area contributed by atoms with Crippen molar-refractivity contribution >= 4 is 17.4 Å². The van der Waals surface area contributed by atoms with Crippen LogP contribution in [0.1, 0.15) is 24.2 Å². The molecular weight excluding hydrogens is 260 g/mol. The molecule has 0 saturated carbocycles. The van der Waals surface area contributed by atoms with E-state index in [0.717, 1.165) is 16.5 Å². The quantitative estimate of drug-likeness (QED) is 0.933. The fraction of sp³-hybridized carbons (Fsp3) is 0.286. The van der Waals surface area contributed by atoms with Crippen molar-refractivity contribution < 1.29 is 0 Å². The lowest BCUT2D eigenvalue weighted by atomic mass is 10.1. The molecule has 1 aromatic carbocycles. The number of hydrogen-bond donors (Lipinski definition) is 1. The molecule has 1 unspecified atom stereocenters. The normalized spacial score (nSPS) is 12.2. The van der Waals surface area contributed by atoms with Gasteiger partial charge in [-0.3, -0.25) is 0 Å². The van der Waals surface area contributed by atoms with E-state index in [-0.39, 0.29) is 6.04 Å². The Kier molecular flexibility index (Phi) is 4.35. The third-order valence-corrected chi connectivity index (χ3v) is 3.46. The van der Waals surface area contributed by atoms with Crippen LogP contribution in [0.25, 0.3) is 0 Å². The standard InChI is InChI=1S/C14H17ClN4/c1-10(11-3-5-12(15)6-4-11)19(2)14-8-7-13(9-16)17-18-14/h3-8,10H,9,16H2,1-2H3. The second-order valence-corrected chi connectivity index (χ2v) is 4.86. The van der Waals surface area contributed by atoms with Crippen molar-refractivity contribution in [3.05, 3.63) is 52.7 Å². The molecule has 2 aromatic rings. The minimum atomic E-state index is 0.190. The summed E-state index contributed by atoms with van der Waals surface area (Å²) in [6.07, 6.45) is 0. The molecule has 0 aliphatic heterocycles. The minimum absolute atomic E-state index is 0.190. The van der Waals surface area contributed by atoms with Gasteiger partial charge in [0, 0.05) is 18.6 Å². The monoisotopic (exact) mass is 276 g/mol. The Balaban J connectivity index is 2.17. The fourth-order valence-corrected chi connectivity index (χ4v) is 1.94. The smallest absolute Gasteiger partial charge is 0.151 e. The van der Waals surface area contributed by atoms with Crippen LogP contribution in [-0.4, -0.2) is 17.2 Å². The van der Waals surface area contributed by atoms with E-state index in [1.54, 1.807) is 0 Å². The van der Waals surface area contributed by atoms with Crippen LogP contribution in [0.3, 0.4) is 0 Å². The van der Waals surface area contributed by atoms with Crippen molar-refractivity contribution in [2.45, 2.75) is 19.5 Å². The average Bonchev–Trinajstić information content (AvgIpc) is 2.46. The topological polar surface area (TPSA) is 55.0 Å². The zero-order valence-corrected chi connectivity index (χ0v) is 11.8. The first-order valence-corrected chi connectivity index (χ1v) is 6.50.